The zero-order valence-electron chi connectivity index (χ0n) is 20.8. The number of hydrogen-bond acceptors (Lipinski definition) is 8. The minimum atomic E-state index is -5.08. The zero-order chi connectivity index (χ0) is 29.4. The molecule has 0 bridgehead atoms. The lowest BCUT2D eigenvalue weighted by Gasteiger charge is -2.33. The first-order valence-corrected chi connectivity index (χ1v) is 11.8. The summed E-state index contributed by atoms with van der Waals surface area (Å²) in [6.07, 6.45) is -2.91. The molecule has 1 amide bonds. The molecule has 4 rings (SSSR count). The fraction of sp³-hybridized carbons (Fsp3) is 0.682. The molecule has 1 aromatic rings. The Kier molecular flexibility index (Phi) is 11.3. The van der Waals surface area contributed by atoms with Crippen LogP contribution in [0.3, 0.4) is 0 Å². The van der Waals surface area contributed by atoms with Crippen molar-refractivity contribution in [3.05, 3.63) is 18.5 Å². The van der Waals surface area contributed by atoms with Crippen LogP contribution in [0.2, 0.25) is 0 Å². The summed E-state index contributed by atoms with van der Waals surface area (Å²) in [7, 11) is 2.13. The highest BCUT2D eigenvalue weighted by molar-refractivity contribution is 5.81. The van der Waals surface area contributed by atoms with E-state index >= 15 is 0 Å². The predicted octanol–water partition coefficient (Wildman–Crippen LogP) is 1.94. The van der Waals surface area contributed by atoms with E-state index in [4.69, 9.17) is 24.5 Å². The van der Waals surface area contributed by atoms with E-state index in [1.54, 1.807) is 12.4 Å². The van der Waals surface area contributed by atoms with E-state index in [1.165, 1.54) is 0 Å². The number of hydrogen-bond donors (Lipinski definition) is 3. The molecule has 3 N–H and O–H groups in total. The molecule has 220 valence electrons. The predicted molar refractivity (Wildman–Crippen MR) is 122 cm³/mol. The largest absolute Gasteiger partial charge is 0.490 e. The van der Waals surface area contributed by atoms with Gasteiger partial charge < -0.3 is 30.1 Å². The number of alkyl halides is 6. The highest BCUT2D eigenvalue weighted by Crippen LogP contribution is 2.34. The maximum Gasteiger partial charge on any atom is 0.490 e. The molecule has 4 heterocycles. The minimum absolute atomic E-state index is 0.0754. The van der Waals surface area contributed by atoms with Crippen molar-refractivity contribution in [2.45, 2.75) is 56.3 Å². The van der Waals surface area contributed by atoms with Crippen molar-refractivity contribution in [2.75, 3.05) is 38.1 Å². The average molecular weight is 573 g/mol. The number of nitrogens with zero attached hydrogens (tertiary/aromatic N) is 4. The topological polar surface area (TPSA) is 145 Å². The Morgan fingerprint density at radius 3 is 1.95 bits per heavy atom. The normalized spacial score (nSPS) is 23.9. The van der Waals surface area contributed by atoms with Crippen LogP contribution in [-0.2, 0) is 19.1 Å². The first kappa shape index (κ1) is 32.0. The third-order valence-electron chi connectivity index (χ3n) is 6.23. The van der Waals surface area contributed by atoms with Crippen LogP contribution in [0, 0.1) is 5.92 Å². The Hall–Kier alpha value is -3.21. The van der Waals surface area contributed by atoms with Crippen molar-refractivity contribution in [3.63, 3.8) is 0 Å². The highest BCUT2D eigenvalue weighted by Gasteiger charge is 2.43. The van der Waals surface area contributed by atoms with Crippen molar-refractivity contribution < 1.29 is 55.7 Å². The van der Waals surface area contributed by atoms with E-state index < -0.39 is 24.3 Å². The van der Waals surface area contributed by atoms with E-state index in [1.807, 2.05) is 6.07 Å². The molecule has 3 fully saturated rings. The van der Waals surface area contributed by atoms with Crippen LogP contribution >= 0.6 is 0 Å². The van der Waals surface area contributed by atoms with Crippen molar-refractivity contribution >= 4 is 23.8 Å². The molecule has 0 spiro atoms. The molecule has 0 aliphatic carbocycles. The van der Waals surface area contributed by atoms with E-state index in [0.717, 1.165) is 57.8 Å². The second kappa shape index (κ2) is 13.7. The number of carboxylic acids is 2. The number of carboxylic acid groups (broad SMARTS) is 2. The number of carbonyl (C=O) groups is 3. The Morgan fingerprint density at radius 2 is 1.46 bits per heavy atom. The number of piperidine rings is 2. The summed E-state index contributed by atoms with van der Waals surface area (Å²) >= 11 is 0. The van der Waals surface area contributed by atoms with Crippen LogP contribution in [0.5, 0.6) is 0 Å². The van der Waals surface area contributed by atoms with Gasteiger partial charge in [0.2, 0.25) is 11.9 Å². The molecule has 17 heteroatoms. The van der Waals surface area contributed by atoms with Crippen LogP contribution < -0.4 is 10.2 Å². The second-order valence-corrected chi connectivity index (χ2v) is 9.13. The number of aromatic nitrogens is 2. The lowest BCUT2D eigenvalue weighted by Crippen LogP contribution is -2.47. The lowest BCUT2D eigenvalue weighted by molar-refractivity contribution is -0.193. The molecule has 39 heavy (non-hydrogen) atoms. The number of fused-ring (bicyclic) bond motifs is 1. The first-order valence-electron chi connectivity index (χ1n) is 11.8. The fourth-order valence-corrected chi connectivity index (χ4v) is 4.18. The van der Waals surface area contributed by atoms with Crippen molar-refractivity contribution in [1.29, 1.82) is 0 Å². The third-order valence-corrected chi connectivity index (χ3v) is 6.23. The third kappa shape index (κ3) is 10.5. The number of nitrogens with one attached hydrogen (secondary N) is 1. The number of carbonyl (C=O) groups excluding carboxylic acids is 1. The number of halogens is 6. The van der Waals surface area contributed by atoms with Crippen LogP contribution in [0.15, 0.2) is 18.5 Å². The Balaban J connectivity index is 0.000000317. The summed E-state index contributed by atoms with van der Waals surface area (Å²) in [6.45, 7) is 3.80. The van der Waals surface area contributed by atoms with Crippen molar-refractivity contribution in [2.24, 2.45) is 5.92 Å². The number of likely N-dealkylation sites (tertiary alicyclic amines) is 1. The maximum atomic E-state index is 12.6. The number of anilines is 1. The number of ether oxygens (including phenoxy) is 1. The van der Waals surface area contributed by atoms with Gasteiger partial charge in [0, 0.05) is 31.5 Å². The SMILES string of the molecule is CN1CCC(NC(=O)[C@@H]2C[C@@H]3CCN(c4ncccn4)C[C@H]3O2)CC1.O=C(O)C(F)(F)F.O=C(O)C(F)(F)F. The van der Waals surface area contributed by atoms with Gasteiger partial charge in [-0.2, -0.15) is 26.3 Å². The average Bonchev–Trinajstić information content (AvgIpc) is 3.29. The minimum Gasteiger partial charge on any atom is -0.475 e. The van der Waals surface area contributed by atoms with Gasteiger partial charge in [-0.1, -0.05) is 0 Å². The van der Waals surface area contributed by atoms with Gasteiger partial charge in [-0.3, -0.25) is 4.79 Å². The lowest BCUT2D eigenvalue weighted by atomic mass is 9.91. The van der Waals surface area contributed by atoms with Gasteiger partial charge in [0.15, 0.2) is 0 Å². The summed E-state index contributed by atoms with van der Waals surface area (Å²) in [5, 5.41) is 17.5. The molecule has 3 aliphatic heterocycles. The van der Waals surface area contributed by atoms with E-state index in [2.05, 4.69) is 32.1 Å². The van der Waals surface area contributed by atoms with Crippen molar-refractivity contribution in [3.8, 4) is 0 Å². The summed E-state index contributed by atoms with van der Waals surface area (Å²) in [6, 6.07) is 2.12. The van der Waals surface area contributed by atoms with Crippen LogP contribution in [0.1, 0.15) is 25.7 Å². The highest BCUT2D eigenvalue weighted by atomic mass is 19.4. The zero-order valence-corrected chi connectivity index (χ0v) is 20.8. The summed E-state index contributed by atoms with van der Waals surface area (Å²) in [5.41, 5.74) is 0. The molecule has 3 atom stereocenters. The molecular formula is C22H29F6N5O6. The monoisotopic (exact) mass is 573 g/mol. The van der Waals surface area contributed by atoms with Crippen LogP contribution in [0.4, 0.5) is 32.3 Å². The van der Waals surface area contributed by atoms with E-state index in [-0.39, 0.29) is 18.1 Å². The van der Waals surface area contributed by atoms with Crippen molar-refractivity contribution in [1.82, 2.24) is 20.2 Å². The second-order valence-electron chi connectivity index (χ2n) is 9.13. The molecule has 0 saturated carbocycles. The van der Waals surface area contributed by atoms with Gasteiger partial charge in [-0.15, -0.1) is 0 Å². The van der Waals surface area contributed by atoms with Gasteiger partial charge in [-0.25, -0.2) is 19.6 Å². The number of rotatable bonds is 3. The molecule has 0 unspecified atom stereocenters. The fourth-order valence-electron chi connectivity index (χ4n) is 4.18. The van der Waals surface area contributed by atoms with Gasteiger partial charge in [0.05, 0.1) is 6.10 Å². The molecule has 1 aromatic heterocycles. The molecule has 3 saturated heterocycles. The molecular weight excluding hydrogens is 544 g/mol. The van der Waals surface area contributed by atoms with Gasteiger partial charge in [0.25, 0.3) is 0 Å². The smallest absolute Gasteiger partial charge is 0.475 e. The summed E-state index contributed by atoms with van der Waals surface area (Å²) in [5.74, 6) is -4.22. The van der Waals surface area contributed by atoms with Gasteiger partial charge >= 0.3 is 24.3 Å². The molecule has 11 nitrogen and oxygen atoms in total. The van der Waals surface area contributed by atoms with E-state index in [0.29, 0.717) is 12.0 Å². The van der Waals surface area contributed by atoms with Crippen LogP contribution in [-0.4, -0.2) is 107 Å². The maximum absolute atomic E-state index is 12.6. The molecule has 3 aliphatic rings. The standard InChI is InChI=1S/C18H27N5O2.2C2HF3O2/c1-22-8-4-14(5-9-22)21-17(24)15-11-13-3-10-23(12-16(13)25-15)18-19-6-2-7-20-18;2*3-2(4,5)1(6)7/h2,6-7,13-16H,3-5,8-12H2,1H3,(H,21,24);2*(H,6,7)/t13-,15-,16+;;/m0../s1. The van der Waals surface area contributed by atoms with Gasteiger partial charge in [0.1, 0.15) is 6.10 Å². The Morgan fingerprint density at radius 1 is 0.949 bits per heavy atom. The summed E-state index contributed by atoms with van der Waals surface area (Å²) in [4.78, 5) is 43.5. The number of amides is 1. The quantitative estimate of drug-likeness (QED) is 0.459. The van der Waals surface area contributed by atoms with Crippen LogP contribution in [0.25, 0.3) is 0 Å². The number of aliphatic carboxylic acids is 2. The first-order chi connectivity index (χ1) is 18.1. The Labute approximate surface area is 219 Å². The molecule has 0 aromatic carbocycles. The van der Waals surface area contributed by atoms with Gasteiger partial charge in [-0.05, 0) is 57.8 Å². The Bertz CT molecular complexity index is 935. The summed E-state index contributed by atoms with van der Waals surface area (Å²) < 4.78 is 69.6. The van der Waals surface area contributed by atoms with E-state index in [9.17, 15) is 31.1 Å². The molecule has 0 radical (unpaired) electrons.